The lowest BCUT2D eigenvalue weighted by Gasteiger charge is -2.24. The van der Waals surface area contributed by atoms with Crippen LogP contribution in [0.2, 0.25) is 0 Å². The van der Waals surface area contributed by atoms with Crippen LogP contribution in [0.3, 0.4) is 0 Å². The zero-order chi connectivity index (χ0) is 9.31. The number of allylic oxidation sites excluding steroid dienone is 4. The lowest BCUT2D eigenvalue weighted by atomic mass is 9.80. The summed E-state index contributed by atoms with van der Waals surface area (Å²) in [5.74, 6) is 0.926. The maximum Gasteiger partial charge on any atom is -0.00752 e. The minimum atomic E-state index is 0.586. The second-order valence-electron chi connectivity index (χ2n) is 4.70. The van der Waals surface area contributed by atoms with Gasteiger partial charge in [-0.15, -0.1) is 0 Å². The van der Waals surface area contributed by atoms with Gasteiger partial charge >= 0.3 is 0 Å². The lowest BCUT2D eigenvalue weighted by molar-refractivity contribution is 0.395. The Hall–Kier alpha value is -0.520. The van der Waals surface area contributed by atoms with Crippen LogP contribution >= 0.6 is 0 Å². The van der Waals surface area contributed by atoms with Crippen molar-refractivity contribution in [1.82, 2.24) is 0 Å². The van der Waals surface area contributed by atoms with Crippen molar-refractivity contribution >= 4 is 0 Å². The van der Waals surface area contributed by atoms with Crippen molar-refractivity contribution in [3.05, 3.63) is 23.8 Å². The molecule has 0 heterocycles. The Kier molecular flexibility index (Phi) is 2.31. The first-order valence-electron chi connectivity index (χ1n) is 5.61. The molecule has 2 aliphatic rings. The average molecular weight is 176 g/mol. The standard InChI is InChI=1S/C13H20/c1-3-11(4-2)9-13-7-5-12(10-13)6-8-13/h3,5,7,12H,4,6,8-10H2,1-2H3. The van der Waals surface area contributed by atoms with Gasteiger partial charge in [0.1, 0.15) is 0 Å². The second-order valence-corrected chi connectivity index (χ2v) is 4.70. The Balaban J connectivity index is 2.05. The van der Waals surface area contributed by atoms with Crippen molar-refractivity contribution in [2.24, 2.45) is 11.3 Å². The van der Waals surface area contributed by atoms with Gasteiger partial charge in [0.25, 0.3) is 0 Å². The summed E-state index contributed by atoms with van der Waals surface area (Å²) in [6.07, 6.45) is 14.1. The monoisotopic (exact) mass is 176 g/mol. The highest BCUT2D eigenvalue weighted by molar-refractivity contribution is 5.20. The molecule has 2 bridgehead atoms. The highest BCUT2D eigenvalue weighted by Crippen LogP contribution is 2.52. The van der Waals surface area contributed by atoms with Gasteiger partial charge in [-0.05, 0) is 50.4 Å². The van der Waals surface area contributed by atoms with Gasteiger partial charge in [0.15, 0.2) is 0 Å². The van der Waals surface area contributed by atoms with Gasteiger partial charge in [-0.1, -0.05) is 30.7 Å². The highest BCUT2D eigenvalue weighted by atomic mass is 14.4. The van der Waals surface area contributed by atoms with Gasteiger partial charge in [0.05, 0.1) is 0 Å². The van der Waals surface area contributed by atoms with Crippen molar-refractivity contribution in [1.29, 1.82) is 0 Å². The number of rotatable bonds is 3. The van der Waals surface area contributed by atoms with E-state index in [-0.39, 0.29) is 0 Å². The van der Waals surface area contributed by atoms with Gasteiger partial charge < -0.3 is 0 Å². The molecule has 0 radical (unpaired) electrons. The largest absolute Gasteiger partial charge is 0.0884 e. The van der Waals surface area contributed by atoms with Gasteiger partial charge in [-0.2, -0.15) is 0 Å². The molecular weight excluding hydrogens is 156 g/mol. The van der Waals surface area contributed by atoms with Crippen LogP contribution < -0.4 is 0 Å². The summed E-state index contributed by atoms with van der Waals surface area (Å²) in [6.45, 7) is 4.46. The molecule has 13 heavy (non-hydrogen) atoms. The highest BCUT2D eigenvalue weighted by Gasteiger charge is 2.40. The molecule has 1 saturated carbocycles. The van der Waals surface area contributed by atoms with E-state index in [0.29, 0.717) is 5.41 Å². The van der Waals surface area contributed by atoms with Crippen LogP contribution in [-0.4, -0.2) is 0 Å². The van der Waals surface area contributed by atoms with Crippen molar-refractivity contribution in [2.45, 2.75) is 46.0 Å². The van der Waals surface area contributed by atoms with Crippen LogP contribution in [0.1, 0.15) is 46.0 Å². The maximum atomic E-state index is 2.50. The third-order valence-electron chi connectivity index (χ3n) is 3.85. The minimum Gasteiger partial charge on any atom is -0.0884 e. The zero-order valence-electron chi connectivity index (χ0n) is 8.84. The summed E-state index contributed by atoms with van der Waals surface area (Å²) in [4.78, 5) is 0. The number of hydrogen-bond donors (Lipinski definition) is 0. The molecule has 2 unspecified atom stereocenters. The third kappa shape index (κ3) is 1.59. The fourth-order valence-electron chi connectivity index (χ4n) is 2.96. The zero-order valence-corrected chi connectivity index (χ0v) is 8.84. The van der Waals surface area contributed by atoms with E-state index in [1.807, 2.05) is 0 Å². The lowest BCUT2D eigenvalue weighted by Crippen LogP contribution is -2.12. The molecule has 1 fully saturated rings. The summed E-state index contributed by atoms with van der Waals surface area (Å²) in [5, 5.41) is 0. The van der Waals surface area contributed by atoms with Crippen LogP contribution in [0.5, 0.6) is 0 Å². The molecule has 0 amide bonds. The molecule has 0 spiro atoms. The molecule has 2 atom stereocenters. The van der Waals surface area contributed by atoms with E-state index < -0.39 is 0 Å². The number of hydrogen-bond acceptors (Lipinski definition) is 0. The molecule has 2 aliphatic carbocycles. The van der Waals surface area contributed by atoms with E-state index in [0.717, 1.165) is 5.92 Å². The van der Waals surface area contributed by atoms with Crippen LogP contribution in [0.4, 0.5) is 0 Å². The van der Waals surface area contributed by atoms with Crippen molar-refractivity contribution in [2.75, 3.05) is 0 Å². The summed E-state index contributed by atoms with van der Waals surface area (Å²) in [5.41, 5.74) is 2.23. The fourth-order valence-corrected chi connectivity index (χ4v) is 2.96. The summed E-state index contributed by atoms with van der Waals surface area (Å²) >= 11 is 0. The Morgan fingerprint density at radius 2 is 2.46 bits per heavy atom. The fraction of sp³-hybridized carbons (Fsp3) is 0.692. The Labute approximate surface area is 81.7 Å². The molecule has 72 valence electrons. The van der Waals surface area contributed by atoms with Crippen LogP contribution in [-0.2, 0) is 0 Å². The first kappa shape index (κ1) is 9.05. The van der Waals surface area contributed by atoms with E-state index >= 15 is 0 Å². The maximum absolute atomic E-state index is 2.50. The predicted octanol–water partition coefficient (Wildman–Crippen LogP) is 4.09. The summed E-state index contributed by atoms with van der Waals surface area (Å²) in [7, 11) is 0. The summed E-state index contributed by atoms with van der Waals surface area (Å²) in [6, 6.07) is 0. The van der Waals surface area contributed by atoms with Gasteiger partial charge in [0.2, 0.25) is 0 Å². The van der Waals surface area contributed by atoms with E-state index in [1.165, 1.54) is 32.1 Å². The van der Waals surface area contributed by atoms with Gasteiger partial charge in [0, 0.05) is 0 Å². The topological polar surface area (TPSA) is 0 Å². The third-order valence-corrected chi connectivity index (χ3v) is 3.85. The molecule has 2 rings (SSSR count). The molecule has 0 aromatic rings. The molecule has 0 aromatic heterocycles. The molecule has 0 aliphatic heterocycles. The van der Waals surface area contributed by atoms with E-state index in [9.17, 15) is 0 Å². The van der Waals surface area contributed by atoms with E-state index in [4.69, 9.17) is 0 Å². The molecule has 0 N–H and O–H groups in total. The number of fused-ring (bicyclic) bond motifs is 2. The Bertz CT molecular complexity index is 247. The second kappa shape index (κ2) is 3.32. The first-order chi connectivity index (χ1) is 6.28. The van der Waals surface area contributed by atoms with E-state index in [2.05, 4.69) is 32.1 Å². The van der Waals surface area contributed by atoms with Crippen molar-refractivity contribution in [3.63, 3.8) is 0 Å². The SMILES string of the molecule is CC=C(CC)CC12C=CC(CC1)C2. The Morgan fingerprint density at radius 1 is 1.62 bits per heavy atom. The van der Waals surface area contributed by atoms with Crippen molar-refractivity contribution < 1.29 is 0 Å². The Morgan fingerprint density at radius 3 is 2.85 bits per heavy atom. The molecule has 0 saturated heterocycles. The van der Waals surface area contributed by atoms with Crippen LogP contribution in [0.25, 0.3) is 0 Å². The molecule has 0 aromatic carbocycles. The van der Waals surface area contributed by atoms with Crippen LogP contribution in [0.15, 0.2) is 23.8 Å². The first-order valence-corrected chi connectivity index (χ1v) is 5.61. The van der Waals surface area contributed by atoms with Crippen LogP contribution in [0, 0.1) is 11.3 Å². The average Bonchev–Trinajstić information content (AvgIpc) is 2.74. The van der Waals surface area contributed by atoms with E-state index in [1.54, 1.807) is 5.57 Å². The smallest absolute Gasteiger partial charge is 0.00752 e. The predicted molar refractivity (Wildman–Crippen MR) is 57.6 cm³/mol. The van der Waals surface area contributed by atoms with Gasteiger partial charge in [-0.25, -0.2) is 0 Å². The minimum absolute atomic E-state index is 0.586. The summed E-state index contributed by atoms with van der Waals surface area (Å²) < 4.78 is 0. The van der Waals surface area contributed by atoms with Gasteiger partial charge in [-0.3, -0.25) is 0 Å². The molecular formula is C13H20. The quantitative estimate of drug-likeness (QED) is 0.568. The molecule has 0 nitrogen and oxygen atoms in total. The van der Waals surface area contributed by atoms with Crippen molar-refractivity contribution in [3.8, 4) is 0 Å². The molecule has 0 heteroatoms. The normalized spacial score (nSPS) is 37.4.